The van der Waals surface area contributed by atoms with Gasteiger partial charge in [0.1, 0.15) is 0 Å². The monoisotopic (exact) mass is 277 g/mol. The van der Waals surface area contributed by atoms with Crippen molar-refractivity contribution in [3.63, 3.8) is 0 Å². The number of aromatic nitrogens is 1. The SMILES string of the molecule is CC1CCCN1c1nc(C2CC2)c(CNC2CC2)s1. The van der Waals surface area contributed by atoms with Crippen LogP contribution in [-0.4, -0.2) is 23.6 Å². The molecular formula is C15H23N3S. The number of hydrogen-bond acceptors (Lipinski definition) is 4. The molecule has 2 saturated carbocycles. The first-order valence-electron chi connectivity index (χ1n) is 7.81. The Balaban J connectivity index is 1.55. The number of thiazole rings is 1. The minimum atomic E-state index is 0.683. The van der Waals surface area contributed by atoms with Gasteiger partial charge in [0.15, 0.2) is 5.13 Å². The van der Waals surface area contributed by atoms with Gasteiger partial charge in [-0.2, -0.15) is 0 Å². The molecule has 0 amide bonds. The number of nitrogens with one attached hydrogen (secondary N) is 1. The summed E-state index contributed by atoms with van der Waals surface area (Å²) in [6.07, 6.45) is 8.11. The van der Waals surface area contributed by atoms with Gasteiger partial charge in [0.25, 0.3) is 0 Å². The fraction of sp³-hybridized carbons (Fsp3) is 0.800. The minimum absolute atomic E-state index is 0.683. The molecule has 3 aliphatic rings. The van der Waals surface area contributed by atoms with Crippen LogP contribution in [0.25, 0.3) is 0 Å². The van der Waals surface area contributed by atoms with Gasteiger partial charge in [-0.1, -0.05) is 0 Å². The molecule has 1 saturated heterocycles. The van der Waals surface area contributed by atoms with Gasteiger partial charge in [-0.25, -0.2) is 4.98 Å². The Hall–Kier alpha value is -0.610. The summed E-state index contributed by atoms with van der Waals surface area (Å²) in [5.41, 5.74) is 1.42. The lowest BCUT2D eigenvalue weighted by Gasteiger charge is -2.19. The van der Waals surface area contributed by atoms with Crippen molar-refractivity contribution in [3.8, 4) is 0 Å². The Morgan fingerprint density at radius 2 is 2.11 bits per heavy atom. The zero-order valence-corrected chi connectivity index (χ0v) is 12.5. The largest absolute Gasteiger partial charge is 0.345 e. The number of anilines is 1. The van der Waals surface area contributed by atoms with Gasteiger partial charge in [0.2, 0.25) is 0 Å². The maximum Gasteiger partial charge on any atom is 0.186 e. The van der Waals surface area contributed by atoms with Crippen molar-refractivity contribution in [1.29, 1.82) is 0 Å². The van der Waals surface area contributed by atoms with Gasteiger partial charge >= 0.3 is 0 Å². The third-order valence-corrected chi connectivity index (χ3v) is 5.72. The Morgan fingerprint density at radius 1 is 1.26 bits per heavy atom. The van der Waals surface area contributed by atoms with E-state index in [1.807, 2.05) is 11.3 Å². The Morgan fingerprint density at radius 3 is 2.74 bits per heavy atom. The highest BCUT2D eigenvalue weighted by atomic mass is 32.1. The first-order valence-corrected chi connectivity index (χ1v) is 8.62. The van der Waals surface area contributed by atoms with E-state index in [2.05, 4.69) is 17.1 Å². The Bertz CT molecular complexity index is 462. The van der Waals surface area contributed by atoms with Crippen LogP contribution in [0.1, 0.15) is 61.9 Å². The normalized spacial score (nSPS) is 27.2. The highest BCUT2D eigenvalue weighted by molar-refractivity contribution is 7.15. The summed E-state index contributed by atoms with van der Waals surface area (Å²) < 4.78 is 0. The van der Waals surface area contributed by atoms with Crippen LogP contribution in [0.15, 0.2) is 0 Å². The first-order chi connectivity index (χ1) is 9.31. The molecule has 1 atom stereocenters. The van der Waals surface area contributed by atoms with E-state index in [1.165, 1.54) is 60.8 Å². The second-order valence-electron chi connectivity index (χ2n) is 6.42. The molecule has 0 spiro atoms. The van der Waals surface area contributed by atoms with Crippen LogP contribution in [0.3, 0.4) is 0 Å². The molecule has 1 aliphatic heterocycles. The Kier molecular flexibility index (Phi) is 3.03. The van der Waals surface area contributed by atoms with E-state index in [-0.39, 0.29) is 0 Å². The first kappa shape index (κ1) is 12.2. The number of hydrogen-bond donors (Lipinski definition) is 1. The van der Waals surface area contributed by atoms with Crippen molar-refractivity contribution in [2.24, 2.45) is 0 Å². The molecule has 19 heavy (non-hydrogen) atoms. The molecule has 1 N–H and O–H groups in total. The van der Waals surface area contributed by atoms with Crippen LogP contribution in [0.5, 0.6) is 0 Å². The second kappa shape index (κ2) is 4.74. The highest BCUT2D eigenvalue weighted by Gasteiger charge is 2.32. The predicted octanol–water partition coefficient (Wildman–Crippen LogP) is 3.26. The topological polar surface area (TPSA) is 28.2 Å². The van der Waals surface area contributed by atoms with Crippen molar-refractivity contribution in [2.45, 2.75) is 70.0 Å². The molecule has 1 aromatic rings. The van der Waals surface area contributed by atoms with Crippen molar-refractivity contribution in [1.82, 2.24) is 10.3 Å². The van der Waals surface area contributed by atoms with E-state index in [9.17, 15) is 0 Å². The third-order valence-electron chi connectivity index (χ3n) is 4.61. The van der Waals surface area contributed by atoms with Crippen molar-refractivity contribution < 1.29 is 0 Å². The molecule has 1 unspecified atom stereocenters. The molecule has 2 aliphatic carbocycles. The molecule has 1 aromatic heterocycles. The Labute approximate surface area is 119 Å². The molecule has 104 valence electrons. The van der Waals surface area contributed by atoms with Crippen LogP contribution in [0.2, 0.25) is 0 Å². The summed E-state index contributed by atoms with van der Waals surface area (Å²) in [6.45, 7) is 4.60. The summed E-state index contributed by atoms with van der Waals surface area (Å²) in [7, 11) is 0. The molecule has 3 nitrogen and oxygen atoms in total. The summed E-state index contributed by atoms with van der Waals surface area (Å²) in [6, 6.07) is 1.48. The third kappa shape index (κ3) is 2.52. The zero-order chi connectivity index (χ0) is 12.8. The summed E-state index contributed by atoms with van der Waals surface area (Å²) in [4.78, 5) is 9.05. The van der Waals surface area contributed by atoms with Crippen LogP contribution in [0.4, 0.5) is 5.13 Å². The lowest BCUT2D eigenvalue weighted by molar-refractivity contribution is 0.688. The maximum atomic E-state index is 5.01. The molecular weight excluding hydrogens is 254 g/mol. The molecule has 4 rings (SSSR count). The number of rotatable bonds is 5. The standard InChI is InChI=1S/C15H23N3S/c1-10-3-2-8-18(10)15-17-14(11-4-5-11)13(19-15)9-16-12-6-7-12/h10-12,16H,2-9H2,1H3. The van der Waals surface area contributed by atoms with E-state index in [4.69, 9.17) is 4.98 Å². The van der Waals surface area contributed by atoms with Crippen LogP contribution < -0.4 is 10.2 Å². The van der Waals surface area contributed by atoms with Crippen LogP contribution >= 0.6 is 11.3 Å². The van der Waals surface area contributed by atoms with Crippen molar-refractivity contribution in [2.75, 3.05) is 11.4 Å². The molecule has 0 radical (unpaired) electrons. The fourth-order valence-electron chi connectivity index (χ4n) is 3.02. The molecule has 0 aromatic carbocycles. The molecule has 4 heteroatoms. The van der Waals surface area contributed by atoms with Crippen LogP contribution in [-0.2, 0) is 6.54 Å². The van der Waals surface area contributed by atoms with Gasteiger partial charge < -0.3 is 10.2 Å². The van der Waals surface area contributed by atoms with E-state index in [1.54, 1.807) is 0 Å². The van der Waals surface area contributed by atoms with Crippen molar-refractivity contribution >= 4 is 16.5 Å². The van der Waals surface area contributed by atoms with Gasteiger partial charge in [-0.3, -0.25) is 0 Å². The van der Waals surface area contributed by atoms with E-state index in [0.29, 0.717) is 6.04 Å². The van der Waals surface area contributed by atoms with E-state index >= 15 is 0 Å². The average molecular weight is 277 g/mol. The van der Waals surface area contributed by atoms with Gasteiger partial charge in [-0.05, 0) is 45.4 Å². The predicted molar refractivity (Wildman–Crippen MR) is 80.0 cm³/mol. The summed E-state index contributed by atoms with van der Waals surface area (Å²) in [5.74, 6) is 0.777. The summed E-state index contributed by atoms with van der Waals surface area (Å²) >= 11 is 1.95. The molecule has 2 heterocycles. The maximum absolute atomic E-state index is 5.01. The minimum Gasteiger partial charge on any atom is -0.345 e. The number of nitrogens with zero attached hydrogens (tertiary/aromatic N) is 2. The average Bonchev–Trinajstić information content (AvgIpc) is 3.32. The van der Waals surface area contributed by atoms with Gasteiger partial charge in [0.05, 0.1) is 5.69 Å². The highest BCUT2D eigenvalue weighted by Crippen LogP contribution is 2.45. The lowest BCUT2D eigenvalue weighted by Crippen LogP contribution is -2.25. The fourth-order valence-corrected chi connectivity index (χ4v) is 4.24. The van der Waals surface area contributed by atoms with Crippen molar-refractivity contribution in [3.05, 3.63) is 10.6 Å². The zero-order valence-electron chi connectivity index (χ0n) is 11.7. The van der Waals surface area contributed by atoms with Gasteiger partial charge in [-0.15, -0.1) is 11.3 Å². The van der Waals surface area contributed by atoms with Gasteiger partial charge in [0, 0.05) is 36.0 Å². The van der Waals surface area contributed by atoms with Crippen LogP contribution in [0, 0.1) is 0 Å². The second-order valence-corrected chi connectivity index (χ2v) is 7.48. The lowest BCUT2D eigenvalue weighted by atomic mass is 10.2. The summed E-state index contributed by atoms with van der Waals surface area (Å²) in [5, 5.41) is 4.95. The smallest absolute Gasteiger partial charge is 0.186 e. The quantitative estimate of drug-likeness (QED) is 0.895. The molecule has 3 fully saturated rings. The van der Waals surface area contributed by atoms with E-state index < -0.39 is 0 Å². The molecule has 0 bridgehead atoms. The van der Waals surface area contributed by atoms with E-state index in [0.717, 1.165) is 18.5 Å².